The van der Waals surface area contributed by atoms with Crippen LogP contribution in [0, 0.1) is 0 Å². The van der Waals surface area contributed by atoms with Crippen LogP contribution in [-0.4, -0.2) is 8.42 Å². The van der Waals surface area contributed by atoms with Gasteiger partial charge in [-0.2, -0.15) is 13.2 Å². The molecule has 14 heavy (non-hydrogen) atoms. The zero-order valence-corrected chi connectivity index (χ0v) is 8.99. The fraction of sp³-hybridized carbons (Fsp3) is 0.143. The van der Waals surface area contributed by atoms with E-state index in [2.05, 4.69) is 15.9 Å². The van der Waals surface area contributed by atoms with Crippen molar-refractivity contribution in [1.29, 1.82) is 0 Å². The number of benzene rings is 1. The lowest BCUT2D eigenvalue weighted by Gasteiger charge is -2.09. The second-order valence-electron chi connectivity index (χ2n) is 2.39. The molecule has 0 saturated carbocycles. The van der Waals surface area contributed by atoms with E-state index in [4.69, 9.17) is 0 Å². The largest absolute Gasteiger partial charge is 0.417 e. The van der Waals surface area contributed by atoms with Crippen molar-refractivity contribution in [2.45, 2.75) is 11.1 Å². The predicted octanol–water partition coefficient (Wildman–Crippen LogP) is 2.44. The minimum atomic E-state index is -4.56. The number of halogens is 4. The quantitative estimate of drug-likeness (QED) is 0.806. The van der Waals surface area contributed by atoms with Gasteiger partial charge in [-0.15, -0.1) is 0 Å². The van der Waals surface area contributed by atoms with Crippen LogP contribution in [0.5, 0.6) is 0 Å². The molecule has 0 bridgehead atoms. The minimum absolute atomic E-state index is 0.366. The monoisotopic (exact) mass is 288 g/mol. The summed E-state index contributed by atoms with van der Waals surface area (Å²) in [5.41, 5.74) is -0.991. The van der Waals surface area contributed by atoms with E-state index in [1.165, 1.54) is 0 Å². The third-order valence-electron chi connectivity index (χ3n) is 1.48. The summed E-state index contributed by atoms with van der Waals surface area (Å²) in [5.74, 6) is 0. The van der Waals surface area contributed by atoms with Crippen molar-refractivity contribution >= 4 is 26.6 Å². The van der Waals surface area contributed by atoms with Crippen molar-refractivity contribution in [3.8, 4) is 0 Å². The van der Waals surface area contributed by atoms with Crippen LogP contribution in [0.1, 0.15) is 5.56 Å². The van der Waals surface area contributed by atoms with Gasteiger partial charge in [-0.3, -0.25) is 0 Å². The zero-order chi connectivity index (χ0) is 10.9. The first kappa shape index (κ1) is 11.5. The molecule has 0 radical (unpaired) electrons. The van der Waals surface area contributed by atoms with E-state index in [0.717, 1.165) is 18.2 Å². The molecular formula is C7H4BrF3O2S. The van der Waals surface area contributed by atoms with Crippen molar-refractivity contribution in [3.63, 3.8) is 0 Å². The molecule has 1 aromatic rings. The van der Waals surface area contributed by atoms with Crippen molar-refractivity contribution in [2.75, 3.05) is 0 Å². The number of thiol groups is 1. The summed E-state index contributed by atoms with van der Waals surface area (Å²) in [6.07, 6.45) is -4.56. The van der Waals surface area contributed by atoms with Gasteiger partial charge in [-0.25, -0.2) is 8.42 Å². The van der Waals surface area contributed by atoms with Crippen LogP contribution in [0.2, 0.25) is 0 Å². The van der Waals surface area contributed by atoms with E-state index < -0.39 is 26.9 Å². The van der Waals surface area contributed by atoms with Crippen LogP contribution in [0.15, 0.2) is 27.6 Å². The molecule has 0 N–H and O–H groups in total. The summed E-state index contributed by atoms with van der Waals surface area (Å²) < 4.78 is 57.4. The van der Waals surface area contributed by atoms with Gasteiger partial charge in [0.1, 0.15) is 0 Å². The molecule has 0 atom stereocenters. The molecule has 78 valence electrons. The molecule has 0 spiro atoms. The molecule has 0 saturated heterocycles. The Bertz CT molecular complexity index is 417. The Labute approximate surface area is 87.8 Å². The normalized spacial score (nSPS) is 12.1. The van der Waals surface area contributed by atoms with Gasteiger partial charge >= 0.3 is 6.18 Å². The molecule has 2 nitrogen and oxygen atoms in total. The maximum atomic E-state index is 12.3. The van der Waals surface area contributed by atoms with E-state index in [1.54, 1.807) is 0 Å². The first-order chi connectivity index (χ1) is 6.34. The smallest absolute Gasteiger partial charge is 0.227 e. The SMILES string of the molecule is O=[SH](=O)c1cccc(C(F)(F)F)c1Br. The first-order valence-electron chi connectivity index (χ1n) is 3.34. The van der Waals surface area contributed by atoms with E-state index >= 15 is 0 Å². The molecule has 0 aliphatic rings. The van der Waals surface area contributed by atoms with Crippen LogP contribution >= 0.6 is 15.9 Å². The molecule has 0 amide bonds. The maximum Gasteiger partial charge on any atom is 0.417 e. The van der Waals surface area contributed by atoms with Gasteiger partial charge in [0.2, 0.25) is 0 Å². The standard InChI is InChI=1S/C7H4BrF3O2S/c8-6-4(7(9,10)11)2-1-3-5(6)14(12)13/h1-3,14H. The van der Waals surface area contributed by atoms with Gasteiger partial charge in [0.05, 0.1) is 10.5 Å². The van der Waals surface area contributed by atoms with Crippen molar-refractivity contribution in [1.82, 2.24) is 0 Å². The molecule has 0 unspecified atom stereocenters. The topological polar surface area (TPSA) is 34.1 Å². The van der Waals surface area contributed by atoms with Gasteiger partial charge in [-0.05, 0) is 28.1 Å². The van der Waals surface area contributed by atoms with Crippen LogP contribution in [-0.2, 0) is 16.9 Å². The summed E-state index contributed by atoms with van der Waals surface area (Å²) in [5, 5.41) is 0. The number of hydrogen-bond donors (Lipinski definition) is 1. The summed E-state index contributed by atoms with van der Waals surface area (Å²) in [6.45, 7) is 0. The summed E-state index contributed by atoms with van der Waals surface area (Å²) in [6, 6.07) is 2.96. The fourth-order valence-corrected chi connectivity index (χ4v) is 2.29. The molecule has 1 rings (SSSR count). The van der Waals surface area contributed by atoms with Crippen LogP contribution < -0.4 is 0 Å². The summed E-state index contributed by atoms with van der Waals surface area (Å²) in [7, 11) is -3.03. The Kier molecular flexibility index (Phi) is 3.20. The van der Waals surface area contributed by atoms with E-state index in [-0.39, 0.29) is 4.90 Å². The van der Waals surface area contributed by atoms with Gasteiger partial charge in [0.15, 0.2) is 10.7 Å². The maximum absolute atomic E-state index is 12.3. The predicted molar refractivity (Wildman–Crippen MR) is 47.7 cm³/mol. The summed E-state index contributed by atoms with van der Waals surface area (Å²) >= 11 is 2.61. The first-order valence-corrected chi connectivity index (χ1v) is 5.31. The van der Waals surface area contributed by atoms with Gasteiger partial charge in [0.25, 0.3) is 0 Å². The molecular weight excluding hydrogens is 285 g/mol. The molecule has 0 aliphatic heterocycles. The number of rotatable bonds is 1. The van der Waals surface area contributed by atoms with E-state index in [9.17, 15) is 21.6 Å². The molecule has 0 aromatic heterocycles. The Balaban J connectivity index is 3.43. The Hall–Kier alpha value is -0.560. The van der Waals surface area contributed by atoms with E-state index in [0.29, 0.717) is 0 Å². The lowest BCUT2D eigenvalue weighted by molar-refractivity contribution is -0.138. The molecule has 0 fully saturated rings. The van der Waals surface area contributed by atoms with Gasteiger partial charge in [-0.1, -0.05) is 6.07 Å². The molecule has 0 heterocycles. The lowest BCUT2D eigenvalue weighted by atomic mass is 10.2. The van der Waals surface area contributed by atoms with Crippen molar-refractivity contribution < 1.29 is 21.6 Å². The average Bonchev–Trinajstić information content (AvgIpc) is 2.01. The van der Waals surface area contributed by atoms with Crippen molar-refractivity contribution in [2.24, 2.45) is 0 Å². The highest BCUT2D eigenvalue weighted by atomic mass is 79.9. The van der Waals surface area contributed by atoms with Crippen molar-refractivity contribution in [3.05, 3.63) is 28.2 Å². The van der Waals surface area contributed by atoms with Crippen LogP contribution in [0.3, 0.4) is 0 Å². The fourth-order valence-electron chi connectivity index (χ4n) is 0.880. The van der Waals surface area contributed by atoms with Crippen LogP contribution in [0.25, 0.3) is 0 Å². The number of alkyl halides is 3. The second kappa shape index (κ2) is 3.90. The Morgan fingerprint density at radius 3 is 2.21 bits per heavy atom. The Morgan fingerprint density at radius 1 is 1.21 bits per heavy atom. The molecule has 7 heteroatoms. The van der Waals surface area contributed by atoms with Gasteiger partial charge in [0, 0.05) is 4.47 Å². The Morgan fingerprint density at radius 2 is 1.79 bits per heavy atom. The highest BCUT2D eigenvalue weighted by Gasteiger charge is 2.33. The van der Waals surface area contributed by atoms with E-state index in [1.807, 2.05) is 0 Å². The van der Waals surface area contributed by atoms with Gasteiger partial charge < -0.3 is 0 Å². The third-order valence-corrected chi connectivity index (χ3v) is 3.41. The average molecular weight is 289 g/mol. The zero-order valence-electron chi connectivity index (χ0n) is 6.51. The third kappa shape index (κ3) is 2.27. The highest BCUT2D eigenvalue weighted by molar-refractivity contribution is 9.10. The minimum Gasteiger partial charge on any atom is -0.227 e. The van der Waals surface area contributed by atoms with Crippen LogP contribution in [0.4, 0.5) is 13.2 Å². The number of hydrogen-bond acceptors (Lipinski definition) is 2. The lowest BCUT2D eigenvalue weighted by Crippen LogP contribution is -2.06. The summed E-state index contributed by atoms with van der Waals surface area (Å²) in [4.78, 5) is -0.366. The second-order valence-corrected chi connectivity index (χ2v) is 4.18. The highest BCUT2D eigenvalue weighted by Crippen LogP contribution is 2.36. The molecule has 1 aromatic carbocycles. The molecule has 0 aliphatic carbocycles.